The molecule has 1 heterocycles. The molecule has 0 spiro atoms. The molecule has 0 aliphatic heterocycles. The molecular weight excluding hydrogens is 381 g/mol. The minimum atomic E-state index is 0. The summed E-state index contributed by atoms with van der Waals surface area (Å²) < 4.78 is 2.04. The smallest absolute Gasteiger partial charge is 0.267 e. The topological polar surface area (TPSA) is 16.8 Å². The summed E-state index contributed by atoms with van der Waals surface area (Å²) in [5.41, 5.74) is 6.33. The third-order valence-corrected chi connectivity index (χ3v) is 4.18. The molecule has 3 heteroatoms. The van der Waals surface area contributed by atoms with Crippen molar-refractivity contribution in [2.24, 2.45) is 7.05 Å². The Bertz CT molecular complexity index is 1030. The molecule has 0 atom stereocenters. The van der Waals surface area contributed by atoms with Crippen LogP contribution >= 0.6 is 0 Å². The van der Waals surface area contributed by atoms with Crippen LogP contribution in [0.4, 0.5) is 0 Å². The summed E-state index contributed by atoms with van der Waals surface area (Å²) in [6, 6.07) is 28.3. The fourth-order valence-electron chi connectivity index (χ4n) is 2.95. The standard InChI is InChI=1S/C22H16N2.Y/c1-16-8-6-7-11-19(16)22-20-14-18(17-9-4-3-5-10-17)12-13-21(20)23-15-24(22)2;/h3-9,12-13,15H,1-2H3;/q-2;+3. The summed E-state index contributed by atoms with van der Waals surface area (Å²) in [5, 5.41) is 1.00. The van der Waals surface area contributed by atoms with E-state index in [9.17, 15) is 0 Å². The van der Waals surface area contributed by atoms with Crippen LogP contribution in [0, 0.1) is 25.1 Å². The van der Waals surface area contributed by atoms with Gasteiger partial charge in [0.05, 0.1) is 12.7 Å². The Morgan fingerprint density at radius 3 is 2.52 bits per heavy atom. The first-order chi connectivity index (χ1) is 11.7. The van der Waals surface area contributed by atoms with E-state index in [-0.39, 0.29) is 32.7 Å². The van der Waals surface area contributed by atoms with Crippen LogP contribution in [0.1, 0.15) is 5.56 Å². The molecule has 0 saturated heterocycles. The summed E-state index contributed by atoms with van der Waals surface area (Å²) in [5.74, 6) is 0. The van der Waals surface area contributed by atoms with Crippen molar-refractivity contribution in [2.75, 3.05) is 0 Å². The Morgan fingerprint density at radius 1 is 0.920 bits per heavy atom. The quantitative estimate of drug-likeness (QED) is 0.368. The molecule has 0 aliphatic carbocycles. The second-order valence-electron chi connectivity index (χ2n) is 5.84. The molecular formula is C22H16N2Y+. The van der Waals surface area contributed by atoms with Gasteiger partial charge in [0, 0.05) is 0 Å². The molecule has 1 aromatic heterocycles. The molecule has 0 fully saturated rings. The van der Waals surface area contributed by atoms with Gasteiger partial charge >= 0.3 is 32.7 Å². The minimum Gasteiger partial charge on any atom is -0.267 e. The van der Waals surface area contributed by atoms with Crippen LogP contribution in [0.5, 0.6) is 0 Å². The van der Waals surface area contributed by atoms with Gasteiger partial charge in [0.25, 0.3) is 6.33 Å². The average molecular weight is 397 g/mol. The number of rotatable bonds is 2. The third kappa shape index (κ3) is 3.42. The number of hydrogen-bond donors (Lipinski definition) is 0. The molecule has 0 amide bonds. The zero-order valence-electron chi connectivity index (χ0n) is 14.2. The molecule has 0 N–H and O–H groups in total. The maximum Gasteiger partial charge on any atom is 3.00 e. The van der Waals surface area contributed by atoms with Crippen LogP contribution < -0.4 is 4.57 Å². The molecule has 0 saturated carbocycles. The van der Waals surface area contributed by atoms with Gasteiger partial charge in [-0.15, -0.1) is 35.9 Å². The van der Waals surface area contributed by atoms with E-state index in [4.69, 9.17) is 0 Å². The van der Waals surface area contributed by atoms with Crippen molar-refractivity contribution in [3.63, 3.8) is 0 Å². The van der Waals surface area contributed by atoms with Crippen LogP contribution in [0.25, 0.3) is 33.3 Å². The van der Waals surface area contributed by atoms with E-state index in [2.05, 4.69) is 36.2 Å². The molecule has 2 nitrogen and oxygen atoms in total. The van der Waals surface area contributed by atoms with E-state index in [0.29, 0.717) is 0 Å². The van der Waals surface area contributed by atoms with Gasteiger partial charge in [0.2, 0.25) is 0 Å². The van der Waals surface area contributed by atoms with Crippen LogP contribution in [-0.2, 0) is 39.8 Å². The van der Waals surface area contributed by atoms with Crippen molar-refractivity contribution in [1.82, 2.24) is 4.98 Å². The van der Waals surface area contributed by atoms with Gasteiger partial charge in [-0.25, -0.2) is 5.56 Å². The number of hydrogen-bond acceptors (Lipinski definition) is 1. The minimum absolute atomic E-state index is 0. The maximum atomic E-state index is 4.54. The van der Waals surface area contributed by atoms with Gasteiger partial charge in [0.1, 0.15) is 5.52 Å². The molecule has 0 radical (unpaired) electrons. The third-order valence-electron chi connectivity index (χ3n) is 4.18. The Balaban J connectivity index is 0.00000182. The number of aromatic nitrogens is 2. The zero-order valence-corrected chi connectivity index (χ0v) is 17.1. The van der Waals surface area contributed by atoms with Crippen molar-refractivity contribution >= 4 is 10.9 Å². The van der Waals surface area contributed by atoms with Gasteiger partial charge in [-0.2, -0.15) is 42.0 Å². The molecule has 0 bridgehead atoms. The maximum absolute atomic E-state index is 4.54. The molecule has 3 aromatic carbocycles. The Kier molecular flexibility index (Phi) is 5.41. The van der Waals surface area contributed by atoms with Gasteiger partial charge in [0.15, 0.2) is 0 Å². The van der Waals surface area contributed by atoms with E-state index in [1.807, 2.05) is 66.5 Å². The van der Waals surface area contributed by atoms with Gasteiger partial charge in [-0.1, -0.05) is 23.5 Å². The predicted molar refractivity (Wildman–Crippen MR) is 95.0 cm³/mol. The van der Waals surface area contributed by atoms with Crippen LogP contribution in [0.2, 0.25) is 0 Å². The fraction of sp³-hybridized carbons (Fsp3) is 0.0909. The van der Waals surface area contributed by atoms with Crippen molar-refractivity contribution in [3.05, 3.63) is 84.7 Å². The van der Waals surface area contributed by atoms with E-state index >= 15 is 0 Å². The second-order valence-corrected chi connectivity index (χ2v) is 5.84. The second kappa shape index (κ2) is 7.55. The summed E-state index contributed by atoms with van der Waals surface area (Å²) >= 11 is 0. The predicted octanol–water partition coefficient (Wildman–Crippen LogP) is 4.10. The van der Waals surface area contributed by atoms with E-state index in [1.54, 1.807) is 0 Å². The number of nitrogens with zero attached hydrogens (tertiary/aromatic N) is 2. The van der Waals surface area contributed by atoms with Crippen molar-refractivity contribution in [2.45, 2.75) is 6.92 Å². The van der Waals surface area contributed by atoms with E-state index in [0.717, 1.165) is 33.3 Å². The first-order valence-electron chi connectivity index (χ1n) is 7.89. The molecule has 0 unspecified atom stereocenters. The molecule has 0 aliphatic rings. The van der Waals surface area contributed by atoms with E-state index < -0.39 is 0 Å². The van der Waals surface area contributed by atoms with Gasteiger partial charge in [-0.05, 0) is 5.39 Å². The monoisotopic (exact) mass is 397 g/mol. The Hall–Kier alpha value is -1.90. The largest absolute Gasteiger partial charge is 3.00 e. The fourth-order valence-corrected chi connectivity index (χ4v) is 2.95. The number of benzene rings is 3. The molecule has 116 valence electrons. The number of aryl methyl sites for hydroxylation is 2. The molecule has 25 heavy (non-hydrogen) atoms. The van der Waals surface area contributed by atoms with Crippen LogP contribution in [0.3, 0.4) is 0 Å². The van der Waals surface area contributed by atoms with E-state index in [1.165, 1.54) is 5.56 Å². The van der Waals surface area contributed by atoms with Crippen molar-refractivity contribution in [3.8, 4) is 22.4 Å². The summed E-state index contributed by atoms with van der Waals surface area (Å²) in [6.07, 6.45) is 1.85. The Morgan fingerprint density at radius 2 is 1.76 bits per heavy atom. The molecule has 4 aromatic rings. The van der Waals surface area contributed by atoms with Crippen LogP contribution in [-0.4, -0.2) is 4.98 Å². The summed E-state index contributed by atoms with van der Waals surface area (Å²) in [4.78, 5) is 4.54. The SMILES string of the molecule is Cc1ccc[c-]c1-c1c2[c-]c(-c3[c-]cccc3)ccc2nc[n+]1C.[Y+3]. The van der Waals surface area contributed by atoms with Gasteiger partial charge < -0.3 is 0 Å². The van der Waals surface area contributed by atoms with Crippen LogP contribution in [0.15, 0.2) is 60.9 Å². The normalized spacial score (nSPS) is 10.5. The zero-order chi connectivity index (χ0) is 16.5. The van der Waals surface area contributed by atoms with Crippen molar-refractivity contribution in [1.29, 1.82) is 0 Å². The first-order valence-corrected chi connectivity index (χ1v) is 7.89. The Labute approximate surface area is 173 Å². The number of fused-ring (bicyclic) bond motifs is 1. The molecule has 4 rings (SSSR count). The first kappa shape index (κ1) is 17.9. The average Bonchev–Trinajstić information content (AvgIpc) is 2.63. The van der Waals surface area contributed by atoms with Crippen molar-refractivity contribution < 1.29 is 37.3 Å². The van der Waals surface area contributed by atoms with Gasteiger partial charge in [-0.3, -0.25) is 4.57 Å². The summed E-state index contributed by atoms with van der Waals surface area (Å²) in [7, 11) is 2.01. The summed E-state index contributed by atoms with van der Waals surface area (Å²) in [6.45, 7) is 2.10.